The predicted octanol–water partition coefficient (Wildman–Crippen LogP) is 1.75. The molecule has 0 unspecified atom stereocenters. The van der Waals surface area contributed by atoms with Crippen molar-refractivity contribution in [3.05, 3.63) is 0 Å². The molecule has 0 aliphatic heterocycles. The molecular formula is C19H30O8S3. The van der Waals surface area contributed by atoms with Gasteiger partial charge in [0.15, 0.2) is 0 Å². The molecule has 0 saturated carbocycles. The molecule has 1 atom stereocenters. The van der Waals surface area contributed by atoms with Gasteiger partial charge in [-0.1, -0.05) is 6.92 Å². The van der Waals surface area contributed by atoms with Crippen molar-refractivity contribution in [2.24, 2.45) is 11.3 Å². The molecule has 30 heavy (non-hydrogen) atoms. The van der Waals surface area contributed by atoms with Crippen LogP contribution in [0, 0.1) is 11.3 Å². The van der Waals surface area contributed by atoms with Crippen molar-refractivity contribution in [3.63, 3.8) is 0 Å². The van der Waals surface area contributed by atoms with Gasteiger partial charge in [0.2, 0.25) is 0 Å². The number of esters is 3. The van der Waals surface area contributed by atoms with E-state index < -0.39 is 35.0 Å². The van der Waals surface area contributed by atoms with Crippen molar-refractivity contribution < 1.29 is 38.2 Å². The molecule has 0 rings (SSSR count). The largest absolute Gasteiger partial charge is 0.465 e. The van der Waals surface area contributed by atoms with Crippen molar-refractivity contribution in [2.75, 3.05) is 37.1 Å². The number of thiol groups is 3. The molecule has 11 heteroatoms. The smallest absolute Gasteiger partial charge is 0.306 e. The van der Waals surface area contributed by atoms with E-state index in [-0.39, 0.29) is 68.5 Å². The summed E-state index contributed by atoms with van der Waals surface area (Å²) in [5.41, 5.74) is -1.35. The molecule has 0 amide bonds. The number of carbonyl (C=O) groups excluding carboxylic acids is 5. The molecule has 0 radical (unpaired) electrons. The van der Waals surface area contributed by atoms with Gasteiger partial charge in [0, 0.05) is 23.2 Å². The van der Waals surface area contributed by atoms with Gasteiger partial charge in [-0.2, -0.15) is 37.9 Å². The van der Waals surface area contributed by atoms with E-state index >= 15 is 0 Å². The van der Waals surface area contributed by atoms with Crippen LogP contribution in [0.4, 0.5) is 0 Å². The Kier molecular flexibility index (Phi) is 15.0. The Labute approximate surface area is 193 Å². The van der Waals surface area contributed by atoms with Crippen LogP contribution in [0.15, 0.2) is 0 Å². The van der Waals surface area contributed by atoms with E-state index in [1.54, 1.807) is 0 Å². The number of Topliss-reactive ketones (excluding diaryl/α,β-unsaturated/α-hetero) is 2. The Balaban J connectivity index is 5.77. The van der Waals surface area contributed by atoms with Crippen molar-refractivity contribution >= 4 is 67.4 Å². The lowest BCUT2D eigenvalue weighted by Gasteiger charge is -2.36. The molecule has 0 aliphatic rings. The third-order valence-electron chi connectivity index (χ3n) is 4.33. The number of hydrogen-bond acceptors (Lipinski definition) is 11. The second-order valence-corrected chi connectivity index (χ2v) is 8.17. The highest BCUT2D eigenvalue weighted by Gasteiger charge is 2.44. The van der Waals surface area contributed by atoms with Crippen LogP contribution in [0.3, 0.4) is 0 Å². The SMILES string of the molecule is CC(=O)CC(=O)[C@@H](C)C(COC(=O)CCS)(COC(=O)CCS)COC(=O)CCS. The third kappa shape index (κ3) is 11.3. The maximum Gasteiger partial charge on any atom is 0.306 e. The molecule has 0 aliphatic carbocycles. The maximum atomic E-state index is 12.6. The molecule has 172 valence electrons. The van der Waals surface area contributed by atoms with Crippen LogP contribution in [0.2, 0.25) is 0 Å². The number of ketones is 2. The summed E-state index contributed by atoms with van der Waals surface area (Å²) in [4.78, 5) is 59.8. The van der Waals surface area contributed by atoms with Gasteiger partial charge in [0.05, 0.1) is 31.1 Å². The molecule has 0 heterocycles. The summed E-state index contributed by atoms with van der Waals surface area (Å²) in [6.45, 7) is 1.78. The maximum absolute atomic E-state index is 12.6. The first-order valence-corrected chi connectivity index (χ1v) is 11.3. The number of hydrogen-bond donors (Lipinski definition) is 3. The molecule has 0 N–H and O–H groups in total. The minimum Gasteiger partial charge on any atom is -0.465 e. The van der Waals surface area contributed by atoms with Crippen LogP contribution in [0.25, 0.3) is 0 Å². The van der Waals surface area contributed by atoms with Crippen LogP contribution in [-0.4, -0.2) is 66.6 Å². The summed E-state index contributed by atoms with van der Waals surface area (Å²) < 4.78 is 15.8. The van der Waals surface area contributed by atoms with Gasteiger partial charge < -0.3 is 14.2 Å². The molecular weight excluding hydrogens is 452 g/mol. The van der Waals surface area contributed by atoms with E-state index in [4.69, 9.17) is 14.2 Å². The average molecular weight is 483 g/mol. The highest BCUT2D eigenvalue weighted by Crippen LogP contribution is 2.32. The van der Waals surface area contributed by atoms with Gasteiger partial charge in [-0.15, -0.1) is 0 Å². The molecule has 0 aromatic heterocycles. The fraction of sp³-hybridized carbons (Fsp3) is 0.737. The highest BCUT2D eigenvalue weighted by molar-refractivity contribution is 7.80. The van der Waals surface area contributed by atoms with E-state index in [1.807, 2.05) is 0 Å². The minimum atomic E-state index is -1.35. The number of carbonyl (C=O) groups is 5. The quantitative estimate of drug-likeness (QED) is 0.132. The Morgan fingerprint density at radius 1 is 0.733 bits per heavy atom. The van der Waals surface area contributed by atoms with Crippen LogP contribution in [0.1, 0.15) is 39.5 Å². The lowest BCUT2D eigenvalue weighted by molar-refractivity contribution is -0.169. The summed E-state index contributed by atoms with van der Waals surface area (Å²) in [6, 6.07) is 0. The molecule has 0 bridgehead atoms. The van der Waals surface area contributed by atoms with Crippen molar-refractivity contribution in [1.82, 2.24) is 0 Å². The number of ether oxygens (including phenoxy) is 3. The molecule has 8 nitrogen and oxygen atoms in total. The van der Waals surface area contributed by atoms with Crippen molar-refractivity contribution in [1.29, 1.82) is 0 Å². The van der Waals surface area contributed by atoms with Gasteiger partial charge in [0.1, 0.15) is 31.4 Å². The van der Waals surface area contributed by atoms with Crippen molar-refractivity contribution in [3.8, 4) is 0 Å². The Morgan fingerprint density at radius 3 is 1.33 bits per heavy atom. The lowest BCUT2D eigenvalue weighted by atomic mass is 9.74. The zero-order chi connectivity index (χ0) is 23.2. The van der Waals surface area contributed by atoms with E-state index in [9.17, 15) is 24.0 Å². The van der Waals surface area contributed by atoms with Gasteiger partial charge in [0.25, 0.3) is 0 Å². The predicted molar refractivity (Wildman–Crippen MR) is 120 cm³/mol. The monoisotopic (exact) mass is 482 g/mol. The molecule has 0 spiro atoms. The summed E-state index contributed by atoms with van der Waals surface area (Å²) >= 11 is 11.9. The lowest BCUT2D eigenvalue weighted by Crippen LogP contribution is -2.47. The Bertz CT molecular complexity index is 554. The van der Waals surface area contributed by atoms with Gasteiger partial charge in [-0.3, -0.25) is 24.0 Å². The van der Waals surface area contributed by atoms with Gasteiger partial charge in [-0.25, -0.2) is 0 Å². The molecule has 0 fully saturated rings. The number of rotatable bonds is 16. The average Bonchev–Trinajstić information content (AvgIpc) is 2.67. The van der Waals surface area contributed by atoms with Gasteiger partial charge in [-0.05, 0) is 6.92 Å². The van der Waals surface area contributed by atoms with Crippen LogP contribution < -0.4 is 0 Å². The van der Waals surface area contributed by atoms with E-state index in [2.05, 4.69) is 37.9 Å². The standard InChI is InChI=1S/C19H30O8S3/c1-13(20)9-15(21)14(2)19(10-25-16(22)3-6-28,11-26-17(23)4-7-29)12-27-18(24)5-8-30/h14,28-30H,3-12H2,1-2H3/t14-/m1/s1. The fourth-order valence-corrected chi connectivity index (χ4v) is 2.95. The first-order valence-electron chi connectivity index (χ1n) is 9.43. The third-order valence-corrected chi connectivity index (χ3v) is 5.01. The van der Waals surface area contributed by atoms with E-state index in [0.717, 1.165) is 0 Å². The topological polar surface area (TPSA) is 113 Å². The molecule has 0 aromatic carbocycles. The minimum absolute atomic E-state index is 0.0356. The normalized spacial score (nSPS) is 12.0. The molecule has 0 aromatic rings. The fourth-order valence-electron chi connectivity index (χ4n) is 2.40. The van der Waals surface area contributed by atoms with Gasteiger partial charge >= 0.3 is 17.9 Å². The van der Waals surface area contributed by atoms with Crippen molar-refractivity contribution in [2.45, 2.75) is 39.5 Å². The summed E-state index contributed by atoms with van der Waals surface area (Å²) in [6.07, 6.45) is -0.238. The van der Waals surface area contributed by atoms with E-state index in [0.29, 0.717) is 0 Å². The summed E-state index contributed by atoms with van der Waals surface area (Å²) in [5, 5.41) is 0. The summed E-state index contributed by atoms with van der Waals surface area (Å²) in [5.74, 6) is -2.60. The highest BCUT2D eigenvalue weighted by atomic mass is 32.1. The Morgan fingerprint density at radius 2 is 1.07 bits per heavy atom. The van der Waals surface area contributed by atoms with Crippen LogP contribution in [-0.2, 0) is 38.2 Å². The summed E-state index contributed by atoms with van der Waals surface area (Å²) in [7, 11) is 0. The second kappa shape index (κ2) is 15.6. The zero-order valence-corrected chi connectivity index (χ0v) is 19.9. The van der Waals surface area contributed by atoms with Crippen LogP contribution in [0.5, 0.6) is 0 Å². The Hall–Kier alpha value is -1.20. The molecule has 0 saturated heterocycles. The second-order valence-electron chi connectivity index (χ2n) is 6.83. The van der Waals surface area contributed by atoms with Crippen LogP contribution >= 0.6 is 37.9 Å². The first kappa shape index (κ1) is 28.8. The van der Waals surface area contributed by atoms with E-state index in [1.165, 1.54) is 13.8 Å². The first-order chi connectivity index (χ1) is 14.1. The zero-order valence-electron chi connectivity index (χ0n) is 17.3.